The van der Waals surface area contributed by atoms with E-state index in [1.165, 1.54) is 0 Å². The van der Waals surface area contributed by atoms with E-state index >= 15 is 0 Å². The van der Waals surface area contributed by atoms with Crippen molar-refractivity contribution >= 4 is 0 Å². The summed E-state index contributed by atoms with van der Waals surface area (Å²) >= 11 is 0. The van der Waals surface area contributed by atoms with Crippen LogP contribution in [0.5, 0.6) is 0 Å². The zero-order valence-corrected chi connectivity index (χ0v) is 22.3. The summed E-state index contributed by atoms with van der Waals surface area (Å²) in [7, 11) is 0. The molecule has 0 aliphatic carbocycles. The Hall–Kier alpha value is 4.29. The molecule has 0 heterocycles. The second kappa shape index (κ2) is 411. The van der Waals surface area contributed by atoms with Gasteiger partial charge in [0.05, 0.1) is 0 Å². The average Bonchev–Trinajstić information content (AvgIpc) is 0. The molecule has 0 rings (SSSR count). The first-order chi connectivity index (χ1) is 0. The molecule has 0 saturated heterocycles. The third kappa shape index (κ3) is 369. The molecule has 0 spiro atoms. The quantitative estimate of drug-likeness (QED) is 0.270. The van der Waals surface area contributed by atoms with Crippen LogP contribution in [0.1, 0.15) is 0 Å². The second-order valence-corrected chi connectivity index (χ2v) is 0. The Kier molecular flexibility index (Phi) is 11500. The monoisotopic (exact) mass is 1030 g/mol. The molecular weight excluding hydrogens is 1030 g/mol. The summed E-state index contributed by atoms with van der Waals surface area (Å²) in [5.74, 6) is 0. The summed E-state index contributed by atoms with van der Waals surface area (Å²) in [6, 6.07) is 0. The molecule has 12 nitrogen and oxygen atoms in total. The van der Waals surface area contributed by atoms with Crippen molar-refractivity contribution in [3.05, 3.63) is 0 Å². The van der Waals surface area contributed by atoms with E-state index in [1.807, 2.05) is 0 Å². The fraction of sp³-hybridized carbons (Fsp3) is 0. The Morgan fingerprint density at radius 3 is 0.176 bits per heavy atom. The minimum atomic E-state index is 0. The van der Waals surface area contributed by atoms with Gasteiger partial charge in [-0.15, -0.1) is 0 Å². The van der Waals surface area contributed by atoms with E-state index in [9.17, 15) is 0 Å². The summed E-state index contributed by atoms with van der Waals surface area (Å²) in [4.78, 5) is 0. The van der Waals surface area contributed by atoms with Crippen LogP contribution in [-0.4, -0.2) is 0 Å². The molecule has 0 fully saturated rings. The van der Waals surface area contributed by atoms with Gasteiger partial charge < -0.3 is 65.7 Å². The van der Waals surface area contributed by atoms with E-state index < -0.39 is 0 Å². The number of hydrogen-bond acceptors (Lipinski definition) is 0. The van der Waals surface area contributed by atoms with Gasteiger partial charge in [0, 0.05) is 63.2 Å². The minimum Gasteiger partial charge on any atom is -2.00 e. The molecule has 2 radical (unpaired) electrons. The van der Waals surface area contributed by atoms with Gasteiger partial charge in [0.25, 0.3) is 0 Å². The smallest absolute Gasteiger partial charge is 2.00 e. The third-order valence-corrected chi connectivity index (χ3v) is 0. The summed E-state index contributed by atoms with van der Waals surface area (Å²) in [5, 5.41) is 0. The van der Waals surface area contributed by atoms with Crippen LogP contribution in [0.3, 0.4) is 0 Å². The standard InChI is InChI=1S/2Nd.12O.3W/q2*+3;12*-2;;;. The normalized spacial score (nSPS) is 0. The molecule has 17 heavy (non-hydrogen) atoms. The van der Waals surface area contributed by atoms with Crippen molar-refractivity contribution in [2.24, 2.45) is 0 Å². The topological polar surface area (TPSA) is 342 Å². The maximum absolute atomic E-state index is 0. The van der Waals surface area contributed by atoms with Crippen molar-refractivity contribution in [1.29, 1.82) is 0 Å². The molecule has 17 heteroatoms. The Morgan fingerprint density at radius 2 is 0.176 bits per heavy atom. The van der Waals surface area contributed by atoms with E-state index in [2.05, 4.69) is 0 Å². The van der Waals surface area contributed by atoms with Crippen molar-refractivity contribution in [1.82, 2.24) is 0 Å². The van der Waals surface area contributed by atoms with Crippen molar-refractivity contribution < 1.29 is 211 Å². The Bertz CT molecular complexity index is 19.7. The van der Waals surface area contributed by atoms with Gasteiger partial charge in [-0.05, 0) is 0 Å². The molecule has 0 amide bonds. The van der Waals surface area contributed by atoms with Crippen LogP contribution in [-0.2, 0) is 129 Å². The van der Waals surface area contributed by atoms with Crippen LogP contribution in [0.15, 0.2) is 0 Å². The predicted octanol–water partition coefficient (Wildman–Crippen LogP) is -1.43. The third-order valence-electron chi connectivity index (χ3n) is 0. The van der Waals surface area contributed by atoms with E-state index in [4.69, 9.17) is 0 Å². The maximum atomic E-state index is 0. The largest absolute Gasteiger partial charge is 3.00 e. The zero-order chi connectivity index (χ0) is 0. The average molecular weight is 1030 g/mol. The van der Waals surface area contributed by atoms with Gasteiger partial charge in [0.15, 0.2) is 0 Å². The molecule has 0 saturated carbocycles. The van der Waals surface area contributed by atoms with E-state index in [0.717, 1.165) is 0 Å². The molecule has 0 unspecified atom stereocenters. The van der Waals surface area contributed by atoms with E-state index in [-0.39, 0.29) is 211 Å². The van der Waals surface area contributed by atoms with Gasteiger partial charge >= 0.3 is 81.7 Å². The second-order valence-electron chi connectivity index (χ2n) is 0. The van der Waals surface area contributed by atoms with Gasteiger partial charge in [-0.1, -0.05) is 0 Å². The van der Waals surface area contributed by atoms with E-state index in [1.54, 1.807) is 0 Å². The van der Waals surface area contributed by atoms with Crippen LogP contribution in [0.2, 0.25) is 0 Å². The van der Waals surface area contributed by atoms with Crippen molar-refractivity contribution in [2.45, 2.75) is 0 Å². The Morgan fingerprint density at radius 1 is 0.176 bits per heavy atom. The van der Waals surface area contributed by atoms with Gasteiger partial charge in [0.1, 0.15) is 0 Å². The summed E-state index contributed by atoms with van der Waals surface area (Å²) in [6.45, 7) is 0. The number of rotatable bonds is 0. The molecular formula is Nd2O12W3-18. The Balaban J connectivity index is 0. The molecule has 0 bridgehead atoms. The predicted molar refractivity (Wildman–Crippen MR) is 8.24 cm³/mol. The minimum absolute atomic E-state index is 0. The molecule has 0 aliphatic heterocycles. The summed E-state index contributed by atoms with van der Waals surface area (Å²) in [5.41, 5.74) is 0. The van der Waals surface area contributed by atoms with Crippen molar-refractivity contribution in [2.75, 3.05) is 0 Å². The summed E-state index contributed by atoms with van der Waals surface area (Å²) in [6.07, 6.45) is 0. The van der Waals surface area contributed by atoms with Gasteiger partial charge in [-0.3, -0.25) is 0 Å². The fourth-order valence-corrected chi connectivity index (χ4v) is 0. The van der Waals surface area contributed by atoms with Crippen LogP contribution in [0.25, 0.3) is 0 Å². The first kappa shape index (κ1) is 477. The molecule has 0 aromatic carbocycles. The van der Waals surface area contributed by atoms with Gasteiger partial charge in [-0.25, -0.2) is 0 Å². The Labute approximate surface area is 206 Å². The molecule has 0 aromatic heterocycles. The summed E-state index contributed by atoms with van der Waals surface area (Å²) < 4.78 is 0. The van der Waals surface area contributed by atoms with Gasteiger partial charge in [0.2, 0.25) is 0 Å². The molecule has 0 aromatic rings. The first-order valence-corrected chi connectivity index (χ1v) is 0. The van der Waals surface area contributed by atoms with Crippen LogP contribution in [0, 0.1) is 81.7 Å². The fourth-order valence-electron chi connectivity index (χ4n) is 0. The van der Waals surface area contributed by atoms with Gasteiger partial charge in [-0.2, -0.15) is 0 Å². The van der Waals surface area contributed by atoms with Crippen molar-refractivity contribution in [3.8, 4) is 0 Å². The number of hydrogen-bond donors (Lipinski definition) is 0. The van der Waals surface area contributed by atoms with Crippen LogP contribution >= 0.6 is 0 Å². The first-order valence-electron chi connectivity index (χ1n) is 0. The molecule has 116 valence electrons. The zero-order valence-electron chi connectivity index (χ0n) is 7.12. The van der Waals surface area contributed by atoms with Crippen LogP contribution < -0.4 is 0 Å². The van der Waals surface area contributed by atoms with Crippen LogP contribution in [0.4, 0.5) is 0 Å². The molecule has 0 atom stereocenters. The van der Waals surface area contributed by atoms with Crippen molar-refractivity contribution in [3.63, 3.8) is 0 Å². The maximum Gasteiger partial charge on any atom is 3.00 e. The SMILES string of the molecule is [Nd+3].[Nd+3].[O-2].[O-2].[O-2].[O-2].[O-2].[O-2].[O-2].[O-2].[O-2].[O-2].[O-2].[O-2].[W].[W].[W]. The molecule has 0 aliphatic rings. The molecule has 0 N–H and O–H groups in total. The van der Waals surface area contributed by atoms with E-state index in [0.29, 0.717) is 0 Å².